The van der Waals surface area contributed by atoms with Gasteiger partial charge in [-0.3, -0.25) is 0 Å². The van der Waals surface area contributed by atoms with Crippen LogP contribution in [0.15, 0.2) is 173 Å². The van der Waals surface area contributed by atoms with Crippen molar-refractivity contribution in [3.05, 3.63) is 175 Å². The summed E-state index contributed by atoms with van der Waals surface area (Å²) in [6.07, 6.45) is 0. The molecular weight excluding hydrogens is 591 g/mol. The summed E-state index contributed by atoms with van der Waals surface area (Å²) in [5.74, 6) is 0. The van der Waals surface area contributed by atoms with E-state index in [1.54, 1.807) is 0 Å². The Kier molecular flexibility index (Phi) is 5.97. The monoisotopic (exact) mass is 619 g/mol. The van der Waals surface area contributed by atoms with Gasteiger partial charge in [0.2, 0.25) is 0 Å². The predicted molar refractivity (Wildman–Crippen MR) is 196 cm³/mol. The van der Waals surface area contributed by atoms with Crippen molar-refractivity contribution in [1.29, 1.82) is 0 Å². The topological polar surface area (TPSA) is 16.4 Å². The fourth-order valence-electron chi connectivity index (χ4n) is 7.75. The lowest BCUT2D eigenvalue weighted by Gasteiger charge is -2.29. The first kappa shape index (κ1) is 26.7. The molecule has 0 saturated heterocycles. The average molecular weight is 620 g/mol. The zero-order valence-corrected chi connectivity index (χ0v) is 26.3. The van der Waals surface area contributed by atoms with E-state index in [2.05, 4.69) is 169 Å². The van der Waals surface area contributed by atoms with Crippen LogP contribution in [0.25, 0.3) is 55.3 Å². The summed E-state index contributed by atoms with van der Waals surface area (Å²) in [5, 5.41) is 2.62. The van der Waals surface area contributed by atoms with Crippen molar-refractivity contribution in [3.63, 3.8) is 0 Å². The van der Waals surface area contributed by atoms with E-state index in [-0.39, 0.29) is 6.04 Å². The van der Waals surface area contributed by atoms with Crippen LogP contribution in [0.3, 0.4) is 0 Å². The molecule has 0 fully saturated rings. The molecule has 7 aromatic carbocycles. The van der Waals surface area contributed by atoms with Crippen LogP contribution in [0.5, 0.6) is 0 Å². The van der Waals surface area contributed by atoms with Crippen molar-refractivity contribution in [2.24, 2.45) is 0 Å². The van der Waals surface area contributed by atoms with Crippen LogP contribution in [0.4, 0.5) is 11.4 Å². The lowest BCUT2D eigenvalue weighted by Crippen LogP contribution is -2.19. The Labute approximate surface area is 277 Å². The van der Waals surface area contributed by atoms with Gasteiger partial charge in [0.25, 0.3) is 0 Å². The molecule has 0 radical (unpaired) electrons. The van der Waals surface area contributed by atoms with E-state index in [1.807, 2.05) is 11.8 Å². The van der Waals surface area contributed by atoms with Gasteiger partial charge in [-0.25, -0.2) is 0 Å². The molecule has 0 N–H and O–H groups in total. The maximum absolute atomic E-state index is 6.54. The van der Waals surface area contributed by atoms with Crippen molar-refractivity contribution in [1.82, 2.24) is 0 Å². The maximum atomic E-state index is 6.54. The zero-order chi connectivity index (χ0) is 30.9. The van der Waals surface area contributed by atoms with Gasteiger partial charge in [-0.05, 0) is 93.0 Å². The van der Waals surface area contributed by atoms with E-state index in [0.717, 1.165) is 33.1 Å². The summed E-state index contributed by atoms with van der Waals surface area (Å²) in [4.78, 5) is 3.93. The molecular formula is C44H29NOS. The third-order valence-corrected chi connectivity index (χ3v) is 11.2. The third kappa shape index (κ3) is 4.13. The Morgan fingerprint density at radius 1 is 0.489 bits per heavy atom. The van der Waals surface area contributed by atoms with Gasteiger partial charge in [0.05, 0.1) is 11.3 Å². The number of hydrogen-bond acceptors (Lipinski definition) is 3. The molecule has 8 aromatic rings. The molecule has 222 valence electrons. The van der Waals surface area contributed by atoms with Crippen LogP contribution in [0, 0.1) is 0 Å². The molecule has 2 nitrogen and oxygen atoms in total. The van der Waals surface area contributed by atoms with Crippen LogP contribution in [-0.2, 0) is 0 Å². The van der Waals surface area contributed by atoms with Crippen LogP contribution >= 0.6 is 11.8 Å². The molecule has 0 spiro atoms. The quantitative estimate of drug-likeness (QED) is 0.195. The fraction of sp³-hybridized carbons (Fsp3) is 0.0455. The predicted octanol–water partition coefficient (Wildman–Crippen LogP) is 12.6. The molecule has 0 amide bonds. The van der Waals surface area contributed by atoms with Gasteiger partial charge < -0.3 is 9.32 Å². The molecule has 0 saturated carbocycles. The first-order chi connectivity index (χ1) is 23.3. The number of anilines is 2. The molecule has 2 unspecified atom stereocenters. The number of hydrogen-bond donors (Lipinski definition) is 0. The summed E-state index contributed by atoms with van der Waals surface area (Å²) >= 11 is 2.01. The number of rotatable bonds is 4. The Morgan fingerprint density at radius 2 is 1.13 bits per heavy atom. The summed E-state index contributed by atoms with van der Waals surface area (Å²) in [6.45, 7) is 0. The van der Waals surface area contributed by atoms with Crippen LogP contribution in [0.1, 0.15) is 22.4 Å². The molecule has 47 heavy (non-hydrogen) atoms. The summed E-state index contributed by atoms with van der Waals surface area (Å²) in [5.41, 5.74) is 14.4. The molecule has 1 aromatic heterocycles. The second-order valence-electron chi connectivity index (χ2n) is 12.4. The lowest BCUT2D eigenvalue weighted by molar-refractivity contribution is 0.669. The number of benzene rings is 7. The SMILES string of the molecule is c1ccc(-c2ccc3c(c2)oc2cc(-c4ccccc4-c4cccc5c4C4C(S5)c5ccccc5N4c4ccccc4)ccc23)cc1. The van der Waals surface area contributed by atoms with E-state index in [1.165, 1.54) is 49.7 Å². The van der Waals surface area contributed by atoms with Crippen LogP contribution in [0.2, 0.25) is 0 Å². The Morgan fingerprint density at radius 3 is 1.94 bits per heavy atom. The van der Waals surface area contributed by atoms with E-state index >= 15 is 0 Å². The van der Waals surface area contributed by atoms with Gasteiger partial charge in [0.1, 0.15) is 11.2 Å². The summed E-state index contributed by atoms with van der Waals surface area (Å²) < 4.78 is 6.54. The smallest absolute Gasteiger partial charge is 0.136 e. The van der Waals surface area contributed by atoms with E-state index < -0.39 is 0 Å². The Bertz CT molecular complexity index is 2460. The standard InChI is InChI=1S/C44H29NOS/c1-3-12-28(13-4-1)29-22-24-34-35-25-23-30(27-40(35)46-39(34)26-29)32-16-7-8-17-33(32)36-19-11-21-41-42(36)43-44(47-41)37-18-9-10-20-38(37)45(43)31-14-5-2-6-15-31/h1-27,43-44H. The third-order valence-electron chi connectivity index (χ3n) is 9.83. The highest BCUT2D eigenvalue weighted by atomic mass is 32.2. The fourth-order valence-corrected chi connectivity index (χ4v) is 9.25. The normalized spacial score (nSPS) is 16.4. The van der Waals surface area contributed by atoms with Gasteiger partial charge in [0, 0.05) is 27.0 Å². The molecule has 2 aliphatic rings. The minimum atomic E-state index is 0.204. The van der Waals surface area contributed by atoms with E-state index in [9.17, 15) is 0 Å². The molecule has 3 heterocycles. The van der Waals surface area contributed by atoms with Crippen molar-refractivity contribution in [2.45, 2.75) is 16.2 Å². The van der Waals surface area contributed by atoms with Crippen molar-refractivity contribution >= 4 is 45.1 Å². The number of nitrogens with zero attached hydrogens (tertiary/aromatic N) is 1. The van der Waals surface area contributed by atoms with Crippen molar-refractivity contribution in [3.8, 4) is 33.4 Å². The second kappa shape index (κ2) is 10.5. The molecule has 2 aliphatic heterocycles. The second-order valence-corrected chi connectivity index (χ2v) is 13.6. The number of thioether (sulfide) groups is 1. The summed E-state index contributed by atoms with van der Waals surface area (Å²) in [7, 11) is 0. The van der Waals surface area contributed by atoms with Crippen LogP contribution < -0.4 is 4.90 Å². The van der Waals surface area contributed by atoms with Crippen molar-refractivity contribution < 1.29 is 4.42 Å². The van der Waals surface area contributed by atoms with Gasteiger partial charge in [0.15, 0.2) is 0 Å². The van der Waals surface area contributed by atoms with Gasteiger partial charge >= 0.3 is 0 Å². The number of furan rings is 1. The van der Waals surface area contributed by atoms with Gasteiger partial charge in [-0.2, -0.15) is 0 Å². The minimum absolute atomic E-state index is 0.204. The lowest BCUT2D eigenvalue weighted by atomic mass is 9.88. The first-order valence-electron chi connectivity index (χ1n) is 16.2. The van der Waals surface area contributed by atoms with Gasteiger partial charge in [-0.1, -0.05) is 115 Å². The highest BCUT2D eigenvalue weighted by Gasteiger charge is 2.47. The Hall–Kier alpha value is -5.51. The highest BCUT2D eigenvalue weighted by Crippen LogP contribution is 2.65. The molecule has 3 heteroatoms. The molecule has 10 rings (SSSR count). The van der Waals surface area contributed by atoms with Crippen LogP contribution in [-0.4, -0.2) is 0 Å². The average Bonchev–Trinajstić information content (AvgIpc) is 3.80. The molecule has 0 bridgehead atoms. The largest absolute Gasteiger partial charge is 0.456 e. The van der Waals surface area contributed by atoms with Gasteiger partial charge in [-0.15, -0.1) is 11.8 Å². The maximum Gasteiger partial charge on any atom is 0.136 e. The van der Waals surface area contributed by atoms with E-state index in [0.29, 0.717) is 5.25 Å². The molecule has 2 atom stereocenters. The summed E-state index contributed by atoms with van der Waals surface area (Å²) in [6, 6.07) is 59.5. The molecule has 0 aliphatic carbocycles. The number of para-hydroxylation sites is 2. The minimum Gasteiger partial charge on any atom is -0.456 e. The zero-order valence-electron chi connectivity index (χ0n) is 25.5. The van der Waals surface area contributed by atoms with E-state index in [4.69, 9.17) is 4.42 Å². The Balaban J connectivity index is 1.11. The number of fused-ring (bicyclic) bond motifs is 8. The first-order valence-corrected chi connectivity index (χ1v) is 17.0. The van der Waals surface area contributed by atoms with Crippen molar-refractivity contribution in [2.75, 3.05) is 4.90 Å². The highest BCUT2D eigenvalue weighted by molar-refractivity contribution is 8.00.